The molecule has 0 saturated carbocycles. The fraction of sp³-hybridized carbons (Fsp3) is 0.250. The van der Waals surface area contributed by atoms with Gasteiger partial charge >= 0.3 is 5.63 Å². The van der Waals surface area contributed by atoms with Gasteiger partial charge in [-0.25, -0.2) is 4.79 Å². The lowest BCUT2D eigenvalue weighted by Crippen LogP contribution is -2.17. The fourth-order valence-electron chi connectivity index (χ4n) is 2.26. The Morgan fingerprint density at radius 3 is 2.72 bits per heavy atom. The maximum Gasteiger partial charge on any atom is 0.336 e. The molecule has 0 radical (unpaired) electrons. The largest absolute Gasteiger partial charge is 0.484 e. The third-order valence-corrected chi connectivity index (χ3v) is 3.74. The molecule has 3 rings (SSSR count). The van der Waals surface area contributed by atoms with E-state index in [1.165, 1.54) is 6.07 Å². The lowest BCUT2D eigenvalue weighted by Gasteiger charge is -2.12. The van der Waals surface area contributed by atoms with Crippen LogP contribution in [0.2, 0.25) is 5.02 Å². The van der Waals surface area contributed by atoms with Gasteiger partial charge < -0.3 is 19.8 Å². The molecule has 0 unspecified atom stereocenters. The lowest BCUT2D eigenvalue weighted by atomic mass is 10.1. The van der Waals surface area contributed by atoms with Crippen LogP contribution in [0.4, 0.5) is 11.9 Å². The predicted octanol–water partition coefficient (Wildman–Crippen LogP) is 2.17. The Morgan fingerprint density at radius 1 is 1.24 bits per heavy atom. The molecule has 0 saturated heterocycles. The smallest absolute Gasteiger partial charge is 0.336 e. The van der Waals surface area contributed by atoms with E-state index in [9.17, 15) is 4.79 Å². The molecule has 0 aliphatic carbocycles. The number of nitrogens with zero attached hydrogens (tertiary/aromatic N) is 4. The fourth-order valence-corrected chi connectivity index (χ4v) is 2.48. The molecular weight excluding hydrogens is 346 g/mol. The third-order valence-electron chi connectivity index (χ3n) is 3.45. The second-order valence-electron chi connectivity index (χ2n) is 5.62. The number of nitrogen functional groups attached to an aromatic ring is 1. The van der Waals surface area contributed by atoms with Crippen molar-refractivity contribution in [1.82, 2.24) is 15.0 Å². The van der Waals surface area contributed by atoms with Crippen LogP contribution in [-0.2, 0) is 6.61 Å². The number of rotatable bonds is 4. The van der Waals surface area contributed by atoms with Gasteiger partial charge in [0.1, 0.15) is 17.9 Å². The second-order valence-corrected chi connectivity index (χ2v) is 6.03. The van der Waals surface area contributed by atoms with Crippen molar-refractivity contribution in [3.63, 3.8) is 0 Å². The summed E-state index contributed by atoms with van der Waals surface area (Å²) in [4.78, 5) is 25.5. The average molecular weight is 362 g/mol. The highest BCUT2D eigenvalue weighted by atomic mass is 35.5. The van der Waals surface area contributed by atoms with E-state index in [-0.39, 0.29) is 12.6 Å². The number of hydrogen-bond acceptors (Lipinski definition) is 8. The molecule has 25 heavy (non-hydrogen) atoms. The molecule has 2 heterocycles. The van der Waals surface area contributed by atoms with E-state index >= 15 is 0 Å². The van der Waals surface area contributed by atoms with Crippen molar-refractivity contribution in [3.05, 3.63) is 45.0 Å². The summed E-state index contributed by atoms with van der Waals surface area (Å²) in [6.07, 6.45) is 0. The van der Waals surface area contributed by atoms with Gasteiger partial charge in [0.15, 0.2) is 5.82 Å². The molecule has 0 atom stereocenters. The summed E-state index contributed by atoms with van der Waals surface area (Å²) in [5.74, 6) is 1.24. The number of fused-ring (bicyclic) bond motifs is 1. The van der Waals surface area contributed by atoms with Crippen LogP contribution in [0.5, 0.6) is 5.75 Å². The maximum atomic E-state index is 11.5. The van der Waals surface area contributed by atoms with E-state index in [4.69, 9.17) is 26.5 Å². The molecule has 0 aliphatic heterocycles. The first-order chi connectivity index (χ1) is 11.8. The molecule has 2 N–H and O–H groups in total. The lowest BCUT2D eigenvalue weighted by molar-refractivity contribution is 0.296. The van der Waals surface area contributed by atoms with Crippen molar-refractivity contribution >= 4 is 34.5 Å². The minimum atomic E-state index is -0.431. The highest BCUT2D eigenvalue weighted by molar-refractivity contribution is 6.32. The van der Waals surface area contributed by atoms with Crippen molar-refractivity contribution in [2.75, 3.05) is 24.7 Å². The average Bonchev–Trinajstić information content (AvgIpc) is 2.53. The Bertz CT molecular complexity index is 1000. The summed E-state index contributed by atoms with van der Waals surface area (Å²) in [5, 5.41) is 1.13. The third kappa shape index (κ3) is 3.63. The first-order valence-electron chi connectivity index (χ1n) is 7.38. The number of aryl methyl sites for hydroxylation is 1. The van der Waals surface area contributed by atoms with Gasteiger partial charge in [0, 0.05) is 31.6 Å². The highest BCUT2D eigenvalue weighted by Gasteiger charge is 2.11. The van der Waals surface area contributed by atoms with Gasteiger partial charge in [-0.15, -0.1) is 0 Å². The molecular formula is C16H16ClN5O3. The summed E-state index contributed by atoms with van der Waals surface area (Å²) < 4.78 is 10.9. The molecule has 130 valence electrons. The number of aromatic nitrogens is 3. The zero-order valence-electron chi connectivity index (χ0n) is 13.9. The molecule has 9 heteroatoms. The standard InChI is InChI=1S/C16H16ClN5O3/c1-8-4-14(23)25-11-6-12(10(17)5-9(8)11)24-7-13-19-15(18)21-16(20-13)22(2)3/h4-6H,7H2,1-3H3,(H2,18,19,20,21). The van der Waals surface area contributed by atoms with Crippen LogP contribution >= 0.6 is 11.6 Å². The van der Waals surface area contributed by atoms with Crippen LogP contribution in [0.15, 0.2) is 27.4 Å². The second kappa shape index (κ2) is 6.56. The van der Waals surface area contributed by atoms with Gasteiger partial charge in [-0.2, -0.15) is 15.0 Å². The molecule has 0 fully saturated rings. The zero-order valence-corrected chi connectivity index (χ0v) is 14.7. The summed E-state index contributed by atoms with van der Waals surface area (Å²) in [6.45, 7) is 1.85. The first kappa shape index (κ1) is 17.0. The normalized spacial score (nSPS) is 10.9. The summed E-state index contributed by atoms with van der Waals surface area (Å²) in [6, 6.07) is 4.68. The molecule has 1 aromatic carbocycles. The first-order valence-corrected chi connectivity index (χ1v) is 7.76. The Balaban J connectivity index is 1.91. The number of hydrogen-bond donors (Lipinski definition) is 1. The summed E-state index contributed by atoms with van der Waals surface area (Å²) in [7, 11) is 3.59. The van der Waals surface area contributed by atoms with Crippen LogP contribution in [0, 0.1) is 6.92 Å². The van der Waals surface area contributed by atoms with E-state index in [0.717, 1.165) is 10.9 Å². The quantitative estimate of drug-likeness (QED) is 0.704. The maximum absolute atomic E-state index is 11.5. The Labute approximate surface area is 148 Å². The summed E-state index contributed by atoms with van der Waals surface area (Å²) >= 11 is 6.26. The number of benzene rings is 1. The van der Waals surface area contributed by atoms with Crippen molar-refractivity contribution in [2.24, 2.45) is 0 Å². The van der Waals surface area contributed by atoms with Gasteiger partial charge in [-0.05, 0) is 18.6 Å². The van der Waals surface area contributed by atoms with E-state index in [1.54, 1.807) is 31.1 Å². The topological polar surface area (TPSA) is 107 Å². The van der Waals surface area contributed by atoms with Crippen LogP contribution < -0.4 is 21.0 Å². The Kier molecular flexibility index (Phi) is 4.45. The van der Waals surface area contributed by atoms with Crippen molar-refractivity contribution < 1.29 is 9.15 Å². The van der Waals surface area contributed by atoms with Crippen molar-refractivity contribution in [3.8, 4) is 5.75 Å². The number of anilines is 2. The van der Waals surface area contributed by atoms with Gasteiger partial charge in [-0.3, -0.25) is 0 Å². The molecule has 2 aromatic heterocycles. The zero-order chi connectivity index (χ0) is 18.1. The van der Waals surface area contributed by atoms with Crippen LogP contribution in [0.25, 0.3) is 11.0 Å². The Hall–Kier alpha value is -2.87. The Morgan fingerprint density at radius 2 is 2.00 bits per heavy atom. The van der Waals surface area contributed by atoms with Crippen molar-refractivity contribution in [2.45, 2.75) is 13.5 Å². The van der Waals surface area contributed by atoms with Gasteiger partial charge in [0.2, 0.25) is 11.9 Å². The van der Waals surface area contributed by atoms with Crippen LogP contribution in [-0.4, -0.2) is 29.0 Å². The minimum absolute atomic E-state index is 0.0365. The molecule has 0 bridgehead atoms. The monoisotopic (exact) mass is 361 g/mol. The predicted molar refractivity (Wildman–Crippen MR) is 95.1 cm³/mol. The van der Waals surface area contributed by atoms with Gasteiger partial charge in [0.05, 0.1) is 5.02 Å². The molecule has 3 aromatic rings. The van der Waals surface area contributed by atoms with Gasteiger partial charge in [0.25, 0.3) is 0 Å². The van der Waals surface area contributed by atoms with Crippen LogP contribution in [0.3, 0.4) is 0 Å². The molecule has 0 aliphatic rings. The minimum Gasteiger partial charge on any atom is -0.484 e. The van der Waals surface area contributed by atoms with Crippen molar-refractivity contribution in [1.29, 1.82) is 0 Å². The number of halogens is 1. The molecule has 0 amide bonds. The number of ether oxygens (including phenoxy) is 1. The van der Waals surface area contributed by atoms with Gasteiger partial charge in [-0.1, -0.05) is 11.6 Å². The molecule has 8 nitrogen and oxygen atoms in total. The highest BCUT2D eigenvalue weighted by Crippen LogP contribution is 2.31. The SMILES string of the molecule is Cc1cc(=O)oc2cc(OCc3nc(N)nc(N(C)C)n3)c(Cl)cc12. The van der Waals surface area contributed by atoms with E-state index in [2.05, 4.69) is 15.0 Å². The molecule has 0 spiro atoms. The van der Waals surface area contributed by atoms with E-state index in [0.29, 0.717) is 28.1 Å². The van der Waals surface area contributed by atoms with E-state index in [1.807, 2.05) is 6.92 Å². The van der Waals surface area contributed by atoms with E-state index < -0.39 is 5.63 Å². The van der Waals surface area contributed by atoms with Crippen LogP contribution in [0.1, 0.15) is 11.4 Å². The summed E-state index contributed by atoms with van der Waals surface area (Å²) in [5.41, 5.74) is 6.43. The number of nitrogens with two attached hydrogens (primary N) is 1.